The molecule has 1 N–H and O–H groups in total. The second-order valence-electron chi connectivity index (χ2n) is 6.97. The van der Waals surface area contributed by atoms with E-state index in [1.165, 1.54) is 44.9 Å². The molecule has 0 aromatic rings. The molecule has 3 aliphatic rings. The van der Waals surface area contributed by atoms with Gasteiger partial charge in [0.2, 0.25) is 5.91 Å². The van der Waals surface area contributed by atoms with Gasteiger partial charge in [0.25, 0.3) is 0 Å². The molecule has 0 aromatic heterocycles. The van der Waals surface area contributed by atoms with Gasteiger partial charge in [0.15, 0.2) is 0 Å². The maximum atomic E-state index is 12.7. The van der Waals surface area contributed by atoms with Gasteiger partial charge in [0, 0.05) is 19.1 Å². The average Bonchev–Trinajstić information content (AvgIpc) is 2.74. The Morgan fingerprint density at radius 1 is 1.05 bits per heavy atom. The molecular formula is C16H28N2O. The second-order valence-corrected chi connectivity index (χ2v) is 6.97. The highest BCUT2D eigenvalue weighted by Crippen LogP contribution is 2.34. The molecule has 108 valence electrons. The Morgan fingerprint density at radius 3 is 2.74 bits per heavy atom. The Hall–Kier alpha value is -0.570. The molecule has 2 heterocycles. The summed E-state index contributed by atoms with van der Waals surface area (Å²) in [4.78, 5) is 14.8. The Labute approximate surface area is 117 Å². The number of fused-ring (bicyclic) bond motifs is 1. The van der Waals surface area contributed by atoms with Crippen LogP contribution in [0.4, 0.5) is 0 Å². The van der Waals surface area contributed by atoms with Gasteiger partial charge in [-0.25, -0.2) is 0 Å². The number of carbonyl (C=O) groups is 1. The monoisotopic (exact) mass is 264 g/mol. The average molecular weight is 264 g/mol. The van der Waals surface area contributed by atoms with Gasteiger partial charge in [-0.15, -0.1) is 0 Å². The molecule has 0 radical (unpaired) electrons. The fourth-order valence-corrected chi connectivity index (χ4v) is 4.21. The molecule has 19 heavy (non-hydrogen) atoms. The smallest absolute Gasteiger partial charge is 0.239 e. The number of hydrogen-bond donors (Lipinski definition) is 1. The lowest BCUT2D eigenvalue weighted by molar-refractivity contribution is -0.133. The van der Waals surface area contributed by atoms with Crippen molar-refractivity contribution in [3.8, 4) is 0 Å². The highest BCUT2D eigenvalue weighted by molar-refractivity contribution is 5.82. The molecule has 0 spiro atoms. The number of rotatable bonds is 1. The van der Waals surface area contributed by atoms with Crippen LogP contribution < -0.4 is 5.32 Å². The molecule has 1 aliphatic carbocycles. The largest absolute Gasteiger partial charge is 0.341 e. The summed E-state index contributed by atoms with van der Waals surface area (Å²) in [6.45, 7) is 4.28. The Balaban J connectivity index is 1.58. The van der Waals surface area contributed by atoms with E-state index in [4.69, 9.17) is 0 Å². The Kier molecular flexibility index (Phi) is 4.11. The zero-order chi connectivity index (χ0) is 13.2. The first-order chi connectivity index (χ1) is 9.24. The number of nitrogens with zero attached hydrogens (tertiary/aromatic N) is 1. The van der Waals surface area contributed by atoms with Gasteiger partial charge in [-0.2, -0.15) is 0 Å². The fraction of sp³-hybridized carbons (Fsp3) is 0.938. The third-order valence-corrected chi connectivity index (χ3v) is 5.49. The number of carbonyl (C=O) groups excluding carboxylic acids is 1. The van der Waals surface area contributed by atoms with Crippen LogP contribution in [0, 0.1) is 11.8 Å². The maximum absolute atomic E-state index is 12.7. The zero-order valence-corrected chi connectivity index (χ0v) is 12.2. The Morgan fingerprint density at radius 2 is 1.89 bits per heavy atom. The first-order valence-corrected chi connectivity index (χ1v) is 8.29. The van der Waals surface area contributed by atoms with Gasteiger partial charge in [-0.3, -0.25) is 4.79 Å². The maximum Gasteiger partial charge on any atom is 0.239 e. The van der Waals surface area contributed by atoms with Crippen LogP contribution in [-0.4, -0.2) is 36.0 Å². The molecule has 4 atom stereocenters. The molecule has 1 amide bonds. The van der Waals surface area contributed by atoms with Crippen molar-refractivity contribution in [1.29, 1.82) is 0 Å². The molecular weight excluding hydrogens is 236 g/mol. The van der Waals surface area contributed by atoms with Crippen molar-refractivity contribution in [2.24, 2.45) is 11.8 Å². The van der Waals surface area contributed by atoms with Crippen LogP contribution >= 0.6 is 0 Å². The molecule has 3 fully saturated rings. The van der Waals surface area contributed by atoms with E-state index >= 15 is 0 Å². The van der Waals surface area contributed by atoms with Crippen LogP contribution in [0.25, 0.3) is 0 Å². The summed E-state index contributed by atoms with van der Waals surface area (Å²) in [5, 5.41) is 3.63. The van der Waals surface area contributed by atoms with Crippen molar-refractivity contribution in [2.45, 2.75) is 70.4 Å². The van der Waals surface area contributed by atoms with Gasteiger partial charge in [-0.1, -0.05) is 19.8 Å². The van der Waals surface area contributed by atoms with E-state index in [9.17, 15) is 4.79 Å². The minimum absolute atomic E-state index is 0.126. The standard InChI is InChI=1S/C16H28N2O/c1-12-5-4-9-18(10-8-12)16(19)15-11-13-6-2-3-7-14(13)17-15/h12-15,17H,2-11H2,1H3. The predicted octanol–water partition coefficient (Wildman–Crippen LogP) is 2.56. The second kappa shape index (κ2) is 5.82. The SMILES string of the molecule is CC1CCCN(C(=O)C2CC3CCCCC3N2)CC1. The third kappa shape index (κ3) is 2.96. The van der Waals surface area contributed by atoms with E-state index < -0.39 is 0 Å². The lowest BCUT2D eigenvalue weighted by Crippen LogP contribution is -2.45. The fourth-order valence-electron chi connectivity index (χ4n) is 4.21. The molecule has 3 nitrogen and oxygen atoms in total. The lowest BCUT2D eigenvalue weighted by atomic mass is 9.85. The van der Waals surface area contributed by atoms with Crippen molar-refractivity contribution >= 4 is 5.91 Å². The van der Waals surface area contributed by atoms with Gasteiger partial charge in [-0.05, 0) is 50.4 Å². The summed E-state index contributed by atoms with van der Waals surface area (Å²) in [7, 11) is 0. The van der Waals surface area contributed by atoms with Crippen LogP contribution in [-0.2, 0) is 4.79 Å². The molecule has 1 saturated carbocycles. The van der Waals surface area contributed by atoms with E-state index in [1.807, 2.05) is 0 Å². The minimum Gasteiger partial charge on any atom is -0.341 e. The molecule has 2 aliphatic heterocycles. The first kappa shape index (κ1) is 13.4. The van der Waals surface area contributed by atoms with E-state index in [0.29, 0.717) is 11.9 Å². The topological polar surface area (TPSA) is 32.3 Å². The van der Waals surface area contributed by atoms with E-state index in [2.05, 4.69) is 17.1 Å². The third-order valence-electron chi connectivity index (χ3n) is 5.49. The van der Waals surface area contributed by atoms with Crippen LogP contribution in [0.2, 0.25) is 0 Å². The molecule has 0 aromatic carbocycles. The van der Waals surface area contributed by atoms with Crippen molar-refractivity contribution in [2.75, 3.05) is 13.1 Å². The molecule has 4 unspecified atom stereocenters. The zero-order valence-electron chi connectivity index (χ0n) is 12.2. The normalized spacial score (nSPS) is 39.7. The van der Waals surface area contributed by atoms with Gasteiger partial charge in [0.1, 0.15) is 0 Å². The van der Waals surface area contributed by atoms with Crippen molar-refractivity contribution in [3.05, 3.63) is 0 Å². The summed E-state index contributed by atoms with van der Waals surface area (Å²) < 4.78 is 0. The van der Waals surface area contributed by atoms with Crippen LogP contribution in [0.15, 0.2) is 0 Å². The highest BCUT2D eigenvalue weighted by atomic mass is 16.2. The van der Waals surface area contributed by atoms with Crippen LogP contribution in [0.5, 0.6) is 0 Å². The quantitative estimate of drug-likeness (QED) is 0.789. The van der Waals surface area contributed by atoms with E-state index in [-0.39, 0.29) is 6.04 Å². The van der Waals surface area contributed by atoms with Gasteiger partial charge >= 0.3 is 0 Å². The predicted molar refractivity (Wildman–Crippen MR) is 76.9 cm³/mol. The number of nitrogens with one attached hydrogen (secondary N) is 1. The van der Waals surface area contributed by atoms with Crippen LogP contribution in [0.1, 0.15) is 58.3 Å². The lowest BCUT2D eigenvalue weighted by Gasteiger charge is -2.25. The number of likely N-dealkylation sites (tertiary alicyclic amines) is 1. The summed E-state index contributed by atoms with van der Waals surface area (Å²) in [5.41, 5.74) is 0. The summed E-state index contributed by atoms with van der Waals surface area (Å²) >= 11 is 0. The van der Waals surface area contributed by atoms with E-state index in [1.54, 1.807) is 0 Å². The first-order valence-electron chi connectivity index (χ1n) is 8.29. The van der Waals surface area contributed by atoms with Gasteiger partial charge in [0.05, 0.1) is 6.04 Å². The van der Waals surface area contributed by atoms with Crippen LogP contribution in [0.3, 0.4) is 0 Å². The van der Waals surface area contributed by atoms with Crippen molar-refractivity contribution < 1.29 is 4.79 Å². The highest BCUT2D eigenvalue weighted by Gasteiger charge is 2.39. The molecule has 0 bridgehead atoms. The molecule has 3 heteroatoms. The summed E-state index contributed by atoms with van der Waals surface area (Å²) in [5.74, 6) is 1.95. The van der Waals surface area contributed by atoms with E-state index in [0.717, 1.165) is 31.3 Å². The van der Waals surface area contributed by atoms with Crippen molar-refractivity contribution in [1.82, 2.24) is 10.2 Å². The number of amides is 1. The number of hydrogen-bond acceptors (Lipinski definition) is 2. The van der Waals surface area contributed by atoms with Crippen molar-refractivity contribution in [3.63, 3.8) is 0 Å². The summed E-state index contributed by atoms with van der Waals surface area (Å²) in [6, 6.07) is 0.759. The van der Waals surface area contributed by atoms with Gasteiger partial charge < -0.3 is 10.2 Å². The Bertz CT molecular complexity index is 317. The molecule has 2 saturated heterocycles. The minimum atomic E-state index is 0.126. The summed E-state index contributed by atoms with van der Waals surface area (Å²) in [6.07, 6.45) is 10.1. The molecule has 3 rings (SSSR count).